The first-order valence-corrected chi connectivity index (χ1v) is 11.1. The van der Waals surface area contributed by atoms with Crippen molar-refractivity contribution in [2.24, 2.45) is 7.05 Å². The SMILES string of the molecule is CCCN(C(=O)CSc1nnc(C(F)(F)F)n1C)c1c(N)n(Cc2ccccc2)c(=O)[nH]c1=O. The maximum absolute atomic E-state index is 13.0. The molecule has 0 atom stereocenters. The summed E-state index contributed by atoms with van der Waals surface area (Å²) in [5, 5.41) is 6.49. The molecule has 0 aliphatic carbocycles. The second-order valence-electron chi connectivity index (χ2n) is 7.26. The molecule has 2 heterocycles. The fraction of sp³-hybridized carbons (Fsp3) is 0.350. The van der Waals surface area contributed by atoms with Crippen molar-refractivity contribution < 1.29 is 18.0 Å². The fourth-order valence-corrected chi connectivity index (χ4v) is 4.02. The van der Waals surface area contributed by atoms with E-state index in [-0.39, 0.29) is 35.5 Å². The number of nitrogens with two attached hydrogens (primary N) is 1. The van der Waals surface area contributed by atoms with Crippen LogP contribution in [0.2, 0.25) is 0 Å². The zero-order chi connectivity index (χ0) is 25.0. The maximum Gasteiger partial charge on any atom is 0.451 e. The fourth-order valence-electron chi connectivity index (χ4n) is 3.24. The van der Waals surface area contributed by atoms with Crippen LogP contribution in [0.25, 0.3) is 0 Å². The predicted octanol–water partition coefficient (Wildman–Crippen LogP) is 1.85. The molecule has 0 fully saturated rings. The molecule has 182 valence electrons. The highest BCUT2D eigenvalue weighted by atomic mass is 32.2. The van der Waals surface area contributed by atoms with Gasteiger partial charge in [0.25, 0.3) is 5.56 Å². The molecule has 14 heteroatoms. The predicted molar refractivity (Wildman–Crippen MR) is 121 cm³/mol. The molecule has 3 aromatic rings. The third-order valence-electron chi connectivity index (χ3n) is 4.83. The molecule has 0 saturated carbocycles. The number of nitrogens with zero attached hydrogens (tertiary/aromatic N) is 5. The summed E-state index contributed by atoms with van der Waals surface area (Å²) >= 11 is 0.739. The van der Waals surface area contributed by atoms with Crippen molar-refractivity contribution in [1.29, 1.82) is 0 Å². The third-order valence-corrected chi connectivity index (χ3v) is 5.83. The number of hydrogen-bond acceptors (Lipinski definition) is 7. The van der Waals surface area contributed by atoms with E-state index < -0.39 is 29.2 Å². The van der Waals surface area contributed by atoms with Crippen molar-refractivity contribution in [2.75, 3.05) is 22.9 Å². The first kappa shape index (κ1) is 25.1. The Bertz CT molecular complexity index is 1290. The van der Waals surface area contributed by atoms with Gasteiger partial charge in [-0.25, -0.2) is 4.79 Å². The molecule has 0 bridgehead atoms. The van der Waals surface area contributed by atoms with Crippen LogP contribution >= 0.6 is 11.8 Å². The van der Waals surface area contributed by atoms with Crippen molar-refractivity contribution in [3.8, 4) is 0 Å². The lowest BCUT2D eigenvalue weighted by Gasteiger charge is -2.24. The zero-order valence-electron chi connectivity index (χ0n) is 18.3. The number of hydrogen-bond donors (Lipinski definition) is 2. The number of rotatable bonds is 8. The van der Waals surface area contributed by atoms with E-state index in [1.165, 1.54) is 0 Å². The maximum atomic E-state index is 13.0. The van der Waals surface area contributed by atoms with E-state index in [0.717, 1.165) is 38.4 Å². The summed E-state index contributed by atoms with van der Waals surface area (Å²) < 4.78 is 40.7. The summed E-state index contributed by atoms with van der Waals surface area (Å²) in [7, 11) is 1.14. The van der Waals surface area contributed by atoms with Crippen LogP contribution in [0.1, 0.15) is 24.7 Å². The number of amides is 1. The molecule has 1 aromatic carbocycles. The molecule has 0 radical (unpaired) electrons. The van der Waals surface area contributed by atoms with Crippen LogP contribution in [0, 0.1) is 0 Å². The number of halogens is 3. The standard InChI is InChI=1S/C20H22F3N7O3S/c1-3-9-29(13(31)11-34-19-27-26-17(28(19)2)20(21,22)23)14-15(24)30(18(33)25-16(14)32)10-12-7-5-4-6-8-12/h4-8H,3,9-11,24H2,1-2H3,(H,25,32,33). The average Bonchev–Trinajstić information content (AvgIpc) is 3.15. The largest absolute Gasteiger partial charge is 0.451 e. The molecule has 0 saturated heterocycles. The van der Waals surface area contributed by atoms with Crippen LogP contribution < -0.4 is 21.9 Å². The van der Waals surface area contributed by atoms with Crippen molar-refractivity contribution in [2.45, 2.75) is 31.2 Å². The van der Waals surface area contributed by atoms with E-state index in [1.807, 2.05) is 6.07 Å². The molecule has 1 amide bonds. The van der Waals surface area contributed by atoms with Crippen molar-refractivity contribution in [3.05, 3.63) is 62.6 Å². The number of carbonyl (C=O) groups is 1. The van der Waals surface area contributed by atoms with E-state index in [4.69, 9.17) is 5.73 Å². The van der Waals surface area contributed by atoms with Crippen LogP contribution in [0.15, 0.2) is 45.1 Å². The summed E-state index contributed by atoms with van der Waals surface area (Å²) in [5.41, 5.74) is 5.16. The Kier molecular flexibility index (Phi) is 7.49. The molecule has 0 unspecified atom stereocenters. The molecule has 10 nitrogen and oxygen atoms in total. The Morgan fingerprint density at radius 3 is 2.47 bits per heavy atom. The highest BCUT2D eigenvalue weighted by molar-refractivity contribution is 7.99. The van der Waals surface area contributed by atoms with Gasteiger partial charge < -0.3 is 15.2 Å². The summed E-state index contributed by atoms with van der Waals surface area (Å²) in [6.45, 7) is 1.94. The topological polar surface area (TPSA) is 132 Å². The molecule has 0 aliphatic heterocycles. The number of aromatic nitrogens is 5. The highest BCUT2D eigenvalue weighted by Crippen LogP contribution is 2.30. The number of benzene rings is 1. The van der Waals surface area contributed by atoms with Gasteiger partial charge in [0, 0.05) is 13.6 Å². The highest BCUT2D eigenvalue weighted by Gasteiger charge is 2.37. The second kappa shape index (κ2) is 10.2. The van der Waals surface area contributed by atoms with Gasteiger partial charge in [0.05, 0.1) is 12.3 Å². The smallest absolute Gasteiger partial charge is 0.383 e. The average molecular weight is 498 g/mol. The van der Waals surface area contributed by atoms with E-state index in [9.17, 15) is 27.6 Å². The second-order valence-corrected chi connectivity index (χ2v) is 8.20. The van der Waals surface area contributed by atoms with E-state index >= 15 is 0 Å². The number of carbonyl (C=O) groups excluding carboxylic acids is 1. The van der Waals surface area contributed by atoms with Gasteiger partial charge in [0.1, 0.15) is 5.82 Å². The Morgan fingerprint density at radius 2 is 1.88 bits per heavy atom. The number of aromatic amines is 1. The van der Waals surface area contributed by atoms with Gasteiger partial charge >= 0.3 is 11.9 Å². The van der Waals surface area contributed by atoms with Gasteiger partial charge in [-0.05, 0) is 12.0 Å². The summed E-state index contributed by atoms with van der Waals surface area (Å²) in [6, 6.07) is 8.92. The summed E-state index contributed by atoms with van der Waals surface area (Å²) in [5.74, 6) is -2.31. The number of nitrogen functional groups attached to an aromatic ring is 1. The minimum Gasteiger partial charge on any atom is -0.383 e. The Hall–Kier alpha value is -3.55. The Morgan fingerprint density at radius 1 is 1.21 bits per heavy atom. The van der Waals surface area contributed by atoms with Crippen LogP contribution in [0.5, 0.6) is 0 Å². The van der Waals surface area contributed by atoms with Crippen LogP contribution in [-0.4, -0.2) is 42.5 Å². The Balaban J connectivity index is 1.90. The lowest BCUT2D eigenvalue weighted by Crippen LogP contribution is -2.42. The van der Waals surface area contributed by atoms with Gasteiger partial charge in [0.2, 0.25) is 11.7 Å². The van der Waals surface area contributed by atoms with Gasteiger partial charge in [-0.3, -0.25) is 19.1 Å². The molecule has 3 rings (SSSR count). The molecule has 34 heavy (non-hydrogen) atoms. The molecule has 2 aromatic heterocycles. The van der Waals surface area contributed by atoms with Gasteiger partial charge in [0.15, 0.2) is 10.8 Å². The lowest BCUT2D eigenvalue weighted by molar-refractivity contribution is -0.147. The van der Waals surface area contributed by atoms with Crippen molar-refractivity contribution >= 4 is 29.2 Å². The summed E-state index contributed by atoms with van der Waals surface area (Å²) in [6.07, 6.45) is -4.23. The van der Waals surface area contributed by atoms with Crippen LogP contribution in [-0.2, 0) is 24.6 Å². The van der Waals surface area contributed by atoms with E-state index in [1.54, 1.807) is 31.2 Å². The number of anilines is 2. The Labute approximate surface area is 195 Å². The van der Waals surface area contributed by atoms with Crippen molar-refractivity contribution in [3.63, 3.8) is 0 Å². The van der Waals surface area contributed by atoms with Gasteiger partial charge in [-0.1, -0.05) is 49.0 Å². The lowest BCUT2D eigenvalue weighted by atomic mass is 10.2. The van der Waals surface area contributed by atoms with Crippen LogP contribution in [0.4, 0.5) is 24.7 Å². The molecule has 3 N–H and O–H groups in total. The monoisotopic (exact) mass is 497 g/mol. The molecular formula is C20H22F3N7O3S. The first-order valence-electron chi connectivity index (χ1n) is 10.1. The van der Waals surface area contributed by atoms with Crippen molar-refractivity contribution in [1.82, 2.24) is 24.3 Å². The number of H-pyrrole nitrogens is 1. The van der Waals surface area contributed by atoms with Gasteiger partial charge in [-0.2, -0.15) is 13.2 Å². The summed E-state index contributed by atoms with van der Waals surface area (Å²) in [4.78, 5) is 41.4. The molecule has 0 aliphatic rings. The number of nitrogens with one attached hydrogen (secondary N) is 1. The number of thioether (sulfide) groups is 1. The quantitative estimate of drug-likeness (QED) is 0.454. The molecule has 0 spiro atoms. The van der Waals surface area contributed by atoms with E-state index in [2.05, 4.69) is 15.2 Å². The first-order chi connectivity index (χ1) is 16.0. The third kappa shape index (κ3) is 5.32. The zero-order valence-corrected chi connectivity index (χ0v) is 19.1. The minimum atomic E-state index is -4.69. The normalized spacial score (nSPS) is 11.6. The van der Waals surface area contributed by atoms with Gasteiger partial charge in [-0.15, -0.1) is 10.2 Å². The number of alkyl halides is 3. The van der Waals surface area contributed by atoms with E-state index in [0.29, 0.717) is 6.42 Å². The minimum absolute atomic E-state index is 0.0668. The van der Waals surface area contributed by atoms with Crippen LogP contribution in [0.3, 0.4) is 0 Å². The molecular weight excluding hydrogens is 475 g/mol.